The van der Waals surface area contributed by atoms with Crippen LogP contribution in [0.3, 0.4) is 0 Å². The fourth-order valence-corrected chi connectivity index (χ4v) is 3.17. The largest absolute Gasteiger partial charge is 0.381 e. The molecule has 2 atom stereocenters. The third-order valence-corrected chi connectivity index (χ3v) is 4.35. The highest BCUT2D eigenvalue weighted by atomic mass is 16.5. The molecule has 1 saturated heterocycles. The molecule has 0 radical (unpaired) electrons. The van der Waals surface area contributed by atoms with E-state index in [4.69, 9.17) is 4.74 Å². The van der Waals surface area contributed by atoms with Crippen LogP contribution in [0.1, 0.15) is 22.6 Å². The first-order valence-electron chi connectivity index (χ1n) is 7.91. The zero-order chi connectivity index (χ0) is 16.1. The molecule has 5 heteroatoms. The molecule has 3 rings (SSSR count). The van der Waals surface area contributed by atoms with Crippen LogP contribution < -0.4 is 0 Å². The van der Waals surface area contributed by atoms with Gasteiger partial charge in [-0.1, -0.05) is 30.3 Å². The Morgan fingerprint density at radius 1 is 1.22 bits per heavy atom. The van der Waals surface area contributed by atoms with Gasteiger partial charge in [0.1, 0.15) is 0 Å². The van der Waals surface area contributed by atoms with E-state index in [2.05, 4.69) is 22.1 Å². The molecule has 1 aromatic carbocycles. The molecular weight excluding hydrogens is 290 g/mol. The molecule has 0 spiro atoms. The van der Waals surface area contributed by atoms with Crippen molar-refractivity contribution in [2.75, 3.05) is 20.2 Å². The second-order valence-corrected chi connectivity index (χ2v) is 5.84. The van der Waals surface area contributed by atoms with Crippen molar-refractivity contribution >= 4 is 5.91 Å². The first-order chi connectivity index (χ1) is 11.3. The summed E-state index contributed by atoms with van der Waals surface area (Å²) in [6, 6.07) is 12.1. The lowest BCUT2D eigenvalue weighted by atomic mass is 9.88. The van der Waals surface area contributed by atoms with Gasteiger partial charge in [-0.05, 0) is 24.5 Å². The fraction of sp³-hybridized carbons (Fsp3) is 0.389. The Labute approximate surface area is 136 Å². The Bertz CT molecular complexity index is 633. The number of rotatable bonds is 4. The van der Waals surface area contributed by atoms with E-state index >= 15 is 0 Å². The van der Waals surface area contributed by atoms with Gasteiger partial charge >= 0.3 is 0 Å². The van der Waals surface area contributed by atoms with Gasteiger partial charge in [-0.25, -0.2) is 9.97 Å². The van der Waals surface area contributed by atoms with E-state index in [0.717, 1.165) is 12.8 Å². The van der Waals surface area contributed by atoms with Crippen LogP contribution in [-0.4, -0.2) is 47.1 Å². The van der Waals surface area contributed by atoms with E-state index in [0.29, 0.717) is 13.1 Å². The van der Waals surface area contributed by atoms with Crippen molar-refractivity contribution in [1.29, 1.82) is 0 Å². The first-order valence-corrected chi connectivity index (χ1v) is 7.91. The quantitative estimate of drug-likeness (QED) is 0.868. The minimum Gasteiger partial charge on any atom is -0.381 e. The summed E-state index contributed by atoms with van der Waals surface area (Å²) in [5.41, 5.74) is 1.27. The maximum Gasteiger partial charge on any atom is 0.291 e. The van der Waals surface area contributed by atoms with Crippen molar-refractivity contribution in [3.8, 4) is 0 Å². The lowest BCUT2D eigenvalue weighted by molar-refractivity contribution is -0.00336. The molecule has 5 nitrogen and oxygen atoms in total. The number of aromatic nitrogens is 2. The highest BCUT2D eigenvalue weighted by Gasteiger charge is 2.32. The third-order valence-electron chi connectivity index (χ3n) is 4.35. The highest BCUT2D eigenvalue weighted by molar-refractivity contribution is 5.90. The molecule has 120 valence electrons. The van der Waals surface area contributed by atoms with E-state index in [-0.39, 0.29) is 23.8 Å². The zero-order valence-corrected chi connectivity index (χ0v) is 13.3. The normalized spacial score (nSPS) is 21.2. The van der Waals surface area contributed by atoms with Crippen LogP contribution in [-0.2, 0) is 11.2 Å². The Morgan fingerprint density at radius 3 is 2.65 bits per heavy atom. The van der Waals surface area contributed by atoms with Gasteiger partial charge in [0, 0.05) is 38.5 Å². The van der Waals surface area contributed by atoms with Gasteiger partial charge in [0.05, 0.1) is 6.10 Å². The molecule has 1 amide bonds. The predicted molar refractivity (Wildman–Crippen MR) is 87.0 cm³/mol. The standard InChI is InChI=1S/C18H21N3O2/c1-23-16-8-11-21(18(22)17-19-9-5-10-20-17)13-15(16)12-14-6-3-2-4-7-14/h2-7,9-10,15-16H,8,11-13H2,1H3/t15-,16-/m1/s1. The van der Waals surface area contributed by atoms with Crippen LogP contribution >= 0.6 is 0 Å². The number of methoxy groups -OCH3 is 1. The summed E-state index contributed by atoms with van der Waals surface area (Å²) in [4.78, 5) is 22.5. The van der Waals surface area contributed by atoms with Gasteiger partial charge in [0.15, 0.2) is 0 Å². The van der Waals surface area contributed by atoms with Gasteiger partial charge in [-0.15, -0.1) is 0 Å². The molecule has 1 fully saturated rings. The number of carbonyl (C=O) groups excluding carboxylic acids is 1. The lowest BCUT2D eigenvalue weighted by Gasteiger charge is -2.37. The van der Waals surface area contributed by atoms with Gasteiger partial charge < -0.3 is 9.64 Å². The first kappa shape index (κ1) is 15.6. The van der Waals surface area contributed by atoms with E-state index < -0.39 is 0 Å². The van der Waals surface area contributed by atoms with Gasteiger partial charge in [0.25, 0.3) is 5.91 Å². The number of carbonyl (C=O) groups is 1. The lowest BCUT2D eigenvalue weighted by Crippen LogP contribution is -2.47. The smallest absolute Gasteiger partial charge is 0.291 e. The Morgan fingerprint density at radius 2 is 1.96 bits per heavy atom. The fourth-order valence-electron chi connectivity index (χ4n) is 3.17. The van der Waals surface area contributed by atoms with E-state index in [1.165, 1.54) is 5.56 Å². The van der Waals surface area contributed by atoms with Crippen molar-refractivity contribution in [2.45, 2.75) is 18.9 Å². The number of hydrogen-bond donors (Lipinski definition) is 0. The van der Waals surface area contributed by atoms with Gasteiger partial charge in [-0.2, -0.15) is 0 Å². The molecule has 23 heavy (non-hydrogen) atoms. The molecule has 0 bridgehead atoms. The summed E-state index contributed by atoms with van der Waals surface area (Å²) in [6.07, 6.45) is 5.12. The van der Waals surface area contributed by atoms with Gasteiger partial charge in [0.2, 0.25) is 5.82 Å². The monoisotopic (exact) mass is 311 g/mol. The predicted octanol–water partition coefficient (Wildman–Crippen LogP) is 2.20. The molecule has 1 aliphatic heterocycles. The molecule has 0 saturated carbocycles. The Balaban J connectivity index is 1.72. The van der Waals surface area contributed by atoms with Crippen LogP contribution in [0, 0.1) is 5.92 Å². The number of hydrogen-bond acceptors (Lipinski definition) is 4. The summed E-state index contributed by atoms with van der Waals surface area (Å²) in [6.45, 7) is 1.35. The van der Waals surface area contributed by atoms with Crippen molar-refractivity contribution in [3.05, 3.63) is 60.2 Å². The van der Waals surface area contributed by atoms with Crippen LogP contribution in [0.4, 0.5) is 0 Å². The molecule has 2 aromatic rings. The average molecular weight is 311 g/mol. The summed E-state index contributed by atoms with van der Waals surface area (Å²) in [5.74, 6) is 0.448. The molecular formula is C18H21N3O2. The summed E-state index contributed by atoms with van der Waals surface area (Å²) >= 11 is 0. The second-order valence-electron chi connectivity index (χ2n) is 5.84. The van der Waals surface area contributed by atoms with E-state index in [1.807, 2.05) is 23.1 Å². The number of amides is 1. The van der Waals surface area contributed by atoms with Crippen molar-refractivity contribution < 1.29 is 9.53 Å². The van der Waals surface area contributed by atoms with Crippen molar-refractivity contribution in [3.63, 3.8) is 0 Å². The van der Waals surface area contributed by atoms with Crippen molar-refractivity contribution in [2.24, 2.45) is 5.92 Å². The van der Waals surface area contributed by atoms with E-state index in [1.54, 1.807) is 25.6 Å². The summed E-state index contributed by atoms with van der Waals surface area (Å²) in [7, 11) is 1.75. The molecule has 2 heterocycles. The summed E-state index contributed by atoms with van der Waals surface area (Å²) in [5, 5.41) is 0. The number of benzene rings is 1. The van der Waals surface area contributed by atoms with Crippen LogP contribution in [0.15, 0.2) is 48.8 Å². The molecule has 1 aromatic heterocycles. The minimum atomic E-state index is -0.0989. The SMILES string of the molecule is CO[C@@H]1CCN(C(=O)c2ncccn2)C[C@H]1Cc1ccccc1. The number of piperidine rings is 1. The maximum atomic E-state index is 12.6. The Hall–Kier alpha value is -2.27. The number of likely N-dealkylation sites (tertiary alicyclic amines) is 1. The van der Waals surface area contributed by atoms with Crippen LogP contribution in [0.25, 0.3) is 0 Å². The summed E-state index contributed by atoms with van der Waals surface area (Å²) < 4.78 is 5.64. The van der Waals surface area contributed by atoms with E-state index in [9.17, 15) is 4.79 Å². The second kappa shape index (κ2) is 7.33. The number of ether oxygens (including phenoxy) is 1. The third kappa shape index (κ3) is 3.74. The highest BCUT2D eigenvalue weighted by Crippen LogP contribution is 2.24. The Kier molecular flexibility index (Phi) is 4.98. The van der Waals surface area contributed by atoms with Crippen LogP contribution in [0.2, 0.25) is 0 Å². The zero-order valence-electron chi connectivity index (χ0n) is 13.3. The molecule has 0 aliphatic carbocycles. The molecule has 0 N–H and O–H groups in total. The van der Waals surface area contributed by atoms with Gasteiger partial charge in [-0.3, -0.25) is 4.79 Å². The van der Waals surface area contributed by atoms with Crippen molar-refractivity contribution in [1.82, 2.24) is 14.9 Å². The molecule has 0 unspecified atom stereocenters. The number of nitrogens with zero attached hydrogens (tertiary/aromatic N) is 3. The maximum absolute atomic E-state index is 12.6. The molecule has 1 aliphatic rings. The average Bonchev–Trinajstić information content (AvgIpc) is 2.62. The topological polar surface area (TPSA) is 55.3 Å². The van der Waals surface area contributed by atoms with Crippen LogP contribution in [0.5, 0.6) is 0 Å². The minimum absolute atomic E-state index is 0.0989.